The third kappa shape index (κ3) is 3.69. The highest BCUT2D eigenvalue weighted by Gasteiger charge is 2.09. The second-order valence-corrected chi connectivity index (χ2v) is 3.94. The summed E-state index contributed by atoms with van der Waals surface area (Å²) in [5.74, 6) is -0.377. The molecule has 5 nitrogen and oxygen atoms in total. The summed E-state index contributed by atoms with van der Waals surface area (Å²) in [6.07, 6.45) is -0.679. The molecule has 0 heterocycles. The summed E-state index contributed by atoms with van der Waals surface area (Å²) in [6, 6.07) is 7.06. The lowest BCUT2D eigenvalue weighted by molar-refractivity contribution is 0.0912. The average Bonchev–Trinajstić information content (AvgIpc) is 2.27. The van der Waals surface area contributed by atoms with Crippen LogP contribution in [0, 0.1) is 3.57 Å². The lowest BCUT2D eigenvalue weighted by Gasteiger charge is -2.07. The van der Waals surface area contributed by atoms with Crippen molar-refractivity contribution < 1.29 is 14.3 Å². The van der Waals surface area contributed by atoms with E-state index in [2.05, 4.69) is 15.6 Å². The zero-order valence-corrected chi connectivity index (χ0v) is 10.8. The van der Waals surface area contributed by atoms with Crippen LogP contribution in [0.15, 0.2) is 24.3 Å². The first-order valence-corrected chi connectivity index (χ1v) is 5.70. The van der Waals surface area contributed by atoms with Gasteiger partial charge in [-0.1, -0.05) is 12.1 Å². The highest BCUT2D eigenvalue weighted by Crippen LogP contribution is 2.10. The number of nitrogens with one attached hydrogen (secondary N) is 2. The molecular formula is C10H11IN2O3. The largest absolute Gasteiger partial charge is 0.449 e. The summed E-state index contributed by atoms with van der Waals surface area (Å²) in [5, 5.41) is 0. The Balaban J connectivity index is 2.54. The molecule has 2 N–H and O–H groups in total. The lowest BCUT2D eigenvalue weighted by atomic mass is 10.2. The van der Waals surface area contributed by atoms with Crippen molar-refractivity contribution in [2.24, 2.45) is 0 Å². The van der Waals surface area contributed by atoms with E-state index in [0.29, 0.717) is 5.56 Å². The van der Waals surface area contributed by atoms with E-state index >= 15 is 0 Å². The van der Waals surface area contributed by atoms with E-state index in [9.17, 15) is 9.59 Å². The molecule has 0 atom stereocenters. The number of carbonyl (C=O) groups excluding carboxylic acids is 2. The van der Waals surface area contributed by atoms with Gasteiger partial charge in [-0.05, 0) is 41.6 Å². The lowest BCUT2D eigenvalue weighted by Crippen LogP contribution is -2.42. The van der Waals surface area contributed by atoms with Crippen molar-refractivity contribution in [2.75, 3.05) is 6.61 Å². The van der Waals surface area contributed by atoms with Gasteiger partial charge in [0.2, 0.25) is 0 Å². The van der Waals surface area contributed by atoms with Gasteiger partial charge in [0.15, 0.2) is 0 Å². The van der Waals surface area contributed by atoms with Gasteiger partial charge in [-0.2, -0.15) is 0 Å². The van der Waals surface area contributed by atoms with Crippen LogP contribution in [0.25, 0.3) is 0 Å². The first-order valence-electron chi connectivity index (χ1n) is 4.62. The van der Waals surface area contributed by atoms with E-state index in [4.69, 9.17) is 0 Å². The average molecular weight is 334 g/mol. The fourth-order valence-electron chi connectivity index (χ4n) is 0.988. The SMILES string of the molecule is CCOC(=O)NNC(=O)c1ccccc1I. The molecule has 1 aromatic rings. The maximum atomic E-state index is 11.6. The van der Waals surface area contributed by atoms with Crippen molar-refractivity contribution in [2.45, 2.75) is 6.92 Å². The van der Waals surface area contributed by atoms with E-state index in [1.807, 2.05) is 28.7 Å². The fourth-order valence-corrected chi connectivity index (χ4v) is 1.62. The van der Waals surface area contributed by atoms with Crippen LogP contribution in [0.1, 0.15) is 17.3 Å². The molecule has 0 spiro atoms. The molecule has 0 aliphatic rings. The van der Waals surface area contributed by atoms with Crippen LogP contribution in [0.2, 0.25) is 0 Å². The number of hydrazine groups is 1. The molecule has 16 heavy (non-hydrogen) atoms. The van der Waals surface area contributed by atoms with Gasteiger partial charge >= 0.3 is 6.09 Å². The predicted molar refractivity (Wildman–Crippen MR) is 66.8 cm³/mol. The Bertz CT molecular complexity index is 395. The summed E-state index contributed by atoms with van der Waals surface area (Å²) in [7, 11) is 0. The van der Waals surface area contributed by atoms with Crippen molar-refractivity contribution in [3.05, 3.63) is 33.4 Å². The Labute approximate surface area is 107 Å². The maximum Gasteiger partial charge on any atom is 0.426 e. The van der Waals surface area contributed by atoms with Gasteiger partial charge in [0, 0.05) is 3.57 Å². The summed E-state index contributed by atoms with van der Waals surface area (Å²) in [4.78, 5) is 22.5. The molecule has 1 rings (SSSR count). The number of benzene rings is 1. The smallest absolute Gasteiger partial charge is 0.426 e. The molecule has 86 valence electrons. The maximum absolute atomic E-state index is 11.6. The highest BCUT2D eigenvalue weighted by atomic mass is 127. The first-order chi connectivity index (χ1) is 7.65. The van der Waals surface area contributed by atoms with E-state index < -0.39 is 6.09 Å². The summed E-state index contributed by atoms with van der Waals surface area (Å²) in [6.45, 7) is 1.94. The van der Waals surface area contributed by atoms with Gasteiger partial charge in [-0.25, -0.2) is 10.2 Å². The van der Waals surface area contributed by atoms with Crippen LogP contribution >= 0.6 is 22.6 Å². The molecule has 0 aromatic heterocycles. The van der Waals surface area contributed by atoms with Crippen LogP contribution < -0.4 is 10.9 Å². The van der Waals surface area contributed by atoms with Crippen molar-refractivity contribution in [1.29, 1.82) is 0 Å². The second kappa shape index (κ2) is 6.31. The third-order valence-corrected chi connectivity index (χ3v) is 2.61. The van der Waals surface area contributed by atoms with Crippen molar-refractivity contribution in [3.63, 3.8) is 0 Å². The van der Waals surface area contributed by atoms with Crippen LogP contribution in [-0.4, -0.2) is 18.6 Å². The van der Waals surface area contributed by atoms with Crippen molar-refractivity contribution in [3.8, 4) is 0 Å². The van der Waals surface area contributed by atoms with Gasteiger partial charge in [-0.15, -0.1) is 0 Å². The Morgan fingerprint density at radius 1 is 1.31 bits per heavy atom. The van der Waals surface area contributed by atoms with Gasteiger partial charge in [0.05, 0.1) is 12.2 Å². The summed E-state index contributed by atoms with van der Waals surface area (Å²) < 4.78 is 5.40. The Kier molecular flexibility index (Phi) is 5.03. The Hall–Kier alpha value is -1.31. The molecule has 0 aliphatic heterocycles. The van der Waals surface area contributed by atoms with E-state index in [1.54, 1.807) is 25.1 Å². The standard InChI is InChI=1S/C10H11IN2O3/c1-2-16-10(15)13-12-9(14)7-5-3-4-6-8(7)11/h3-6H,2H2,1H3,(H,12,14)(H,13,15). The van der Waals surface area contributed by atoms with Crippen LogP contribution in [-0.2, 0) is 4.74 Å². The van der Waals surface area contributed by atoms with Gasteiger partial charge < -0.3 is 4.74 Å². The number of rotatable bonds is 2. The number of ether oxygens (including phenoxy) is 1. The zero-order chi connectivity index (χ0) is 12.0. The monoisotopic (exact) mass is 334 g/mol. The van der Waals surface area contributed by atoms with Crippen molar-refractivity contribution in [1.82, 2.24) is 10.9 Å². The van der Waals surface area contributed by atoms with E-state index in [0.717, 1.165) is 3.57 Å². The van der Waals surface area contributed by atoms with Crippen molar-refractivity contribution >= 4 is 34.6 Å². The minimum atomic E-state index is -0.679. The minimum absolute atomic E-state index is 0.255. The Morgan fingerprint density at radius 3 is 2.62 bits per heavy atom. The number of carbonyl (C=O) groups is 2. The molecule has 0 aliphatic carbocycles. The number of hydrogen-bond acceptors (Lipinski definition) is 3. The summed E-state index contributed by atoms with van der Waals surface area (Å²) >= 11 is 2.04. The molecule has 2 amide bonds. The Morgan fingerprint density at radius 2 is 2.00 bits per heavy atom. The second-order valence-electron chi connectivity index (χ2n) is 2.78. The highest BCUT2D eigenvalue weighted by molar-refractivity contribution is 14.1. The normalized spacial score (nSPS) is 9.38. The fraction of sp³-hybridized carbons (Fsp3) is 0.200. The predicted octanol–water partition coefficient (Wildman–Crippen LogP) is 1.68. The van der Waals surface area contributed by atoms with Gasteiger partial charge in [-0.3, -0.25) is 10.2 Å². The van der Waals surface area contributed by atoms with Gasteiger partial charge in [0.25, 0.3) is 5.91 Å². The number of amides is 2. The molecule has 0 saturated heterocycles. The first kappa shape index (κ1) is 12.8. The molecule has 0 bridgehead atoms. The molecule has 0 saturated carbocycles. The minimum Gasteiger partial charge on any atom is -0.449 e. The van der Waals surface area contributed by atoms with Crippen LogP contribution in [0.4, 0.5) is 4.79 Å². The molecule has 1 aromatic carbocycles. The van der Waals surface area contributed by atoms with Crippen LogP contribution in [0.5, 0.6) is 0 Å². The molecular weight excluding hydrogens is 323 g/mol. The van der Waals surface area contributed by atoms with Crippen LogP contribution in [0.3, 0.4) is 0 Å². The quantitative estimate of drug-likeness (QED) is 0.639. The third-order valence-electron chi connectivity index (χ3n) is 1.67. The zero-order valence-electron chi connectivity index (χ0n) is 8.62. The van der Waals surface area contributed by atoms with E-state index in [-0.39, 0.29) is 12.5 Å². The topological polar surface area (TPSA) is 67.4 Å². The molecule has 0 unspecified atom stereocenters. The molecule has 0 fully saturated rings. The number of halogens is 1. The molecule has 0 radical (unpaired) electrons. The van der Waals surface area contributed by atoms with Gasteiger partial charge in [0.1, 0.15) is 0 Å². The number of hydrogen-bond donors (Lipinski definition) is 2. The summed E-state index contributed by atoms with van der Waals surface area (Å²) in [5.41, 5.74) is 4.90. The van der Waals surface area contributed by atoms with E-state index in [1.165, 1.54) is 0 Å². The molecule has 6 heteroatoms.